The molecule has 240 valence electrons. The number of nitrogens with zero attached hydrogens (tertiary/aromatic N) is 1. The third-order valence-electron chi connectivity index (χ3n) is 8.42. The Hall–Kier alpha value is -2.40. The summed E-state index contributed by atoms with van der Waals surface area (Å²) in [5.74, 6) is -1.11. The monoisotopic (exact) mass is 616 g/mol. The number of hydrogen-bond donors (Lipinski definition) is 5. The van der Waals surface area contributed by atoms with Gasteiger partial charge in [0, 0.05) is 12.6 Å². The summed E-state index contributed by atoms with van der Waals surface area (Å²) in [6.07, 6.45) is 7.60. The number of aliphatic hydroxyl groups excluding tert-OH is 2. The van der Waals surface area contributed by atoms with E-state index in [2.05, 4.69) is 20.6 Å². The van der Waals surface area contributed by atoms with Gasteiger partial charge in [0.1, 0.15) is 22.6 Å². The second kappa shape index (κ2) is 16.6. The zero-order valence-corrected chi connectivity index (χ0v) is 27.2. The van der Waals surface area contributed by atoms with Gasteiger partial charge in [0.15, 0.2) is 0 Å². The van der Waals surface area contributed by atoms with E-state index in [1.807, 2.05) is 65.0 Å². The Morgan fingerprint density at radius 3 is 2.28 bits per heavy atom. The molecule has 1 aliphatic rings. The number of carbonyl (C=O) groups is 2. The molecule has 0 aliphatic heterocycles. The highest BCUT2D eigenvalue weighted by molar-refractivity contribution is 7.92. The van der Waals surface area contributed by atoms with Crippen LogP contribution in [-0.4, -0.2) is 71.3 Å². The van der Waals surface area contributed by atoms with Crippen LogP contribution in [0.15, 0.2) is 42.9 Å². The molecule has 0 saturated heterocycles. The van der Waals surface area contributed by atoms with Crippen molar-refractivity contribution in [2.75, 3.05) is 5.75 Å². The van der Waals surface area contributed by atoms with Gasteiger partial charge in [-0.3, -0.25) is 9.59 Å². The Morgan fingerprint density at radius 2 is 1.70 bits per heavy atom. The molecule has 1 aromatic heterocycles. The normalized spacial score (nSPS) is 18.8. The lowest BCUT2D eigenvalue weighted by Gasteiger charge is -2.34. The van der Waals surface area contributed by atoms with E-state index < -0.39 is 52.0 Å². The van der Waals surface area contributed by atoms with Crippen molar-refractivity contribution in [1.82, 2.24) is 20.6 Å². The Bertz CT molecular complexity index is 1100. The van der Waals surface area contributed by atoms with Crippen LogP contribution in [0.5, 0.6) is 0 Å². The average molecular weight is 617 g/mol. The Kier molecular flexibility index (Phi) is 13.6. The first kappa shape index (κ1) is 35.1. The molecule has 1 unspecified atom stereocenters. The summed E-state index contributed by atoms with van der Waals surface area (Å²) in [7, 11) is 0. The first-order valence-electron chi connectivity index (χ1n) is 15.7. The Balaban J connectivity index is 1.84. The highest BCUT2D eigenvalue weighted by Crippen LogP contribution is 2.29. The van der Waals surface area contributed by atoms with Gasteiger partial charge < -0.3 is 30.4 Å². The summed E-state index contributed by atoms with van der Waals surface area (Å²) < 4.78 is 12.7. The molecule has 0 bridgehead atoms. The van der Waals surface area contributed by atoms with Gasteiger partial charge in [0.25, 0.3) is 0 Å². The smallest absolute Gasteiger partial charge is 0.243 e. The molecule has 2 aromatic rings. The van der Waals surface area contributed by atoms with E-state index in [-0.39, 0.29) is 24.0 Å². The summed E-state index contributed by atoms with van der Waals surface area (Å²) in [5.41, 5.74) is 1.55. The minimum Gasteiger partial charge on any atom is -0.616 e. The number of rotatable bonds is 15. The number of aromatic amines is 1. The van der Waals surface area contributed by atoms with Crippen LogP contribution >= 0.6 is 0 Å². The molecule has 1 saturated carbocycles. The quantitative estimate of drug-likeness (QED) is 0.193. The summed E-state index contributed by atoms with van der Waals surface area (Å²) in [6, 6.07) is 7.95. The number of amides is 2. The van der Waals surface area contributed by atoms with E-state index in [9.17, 15) is 24.4 Å². The standard InChI is InChI=1S/C33H52N4O5S/c1-22(2)29(38)30(39)27(17-24-14-10-7-11-15-24)36-32(41)28(18-26-19-34-21-35-26)37-31(40)25(20-43(42)33(3,4)5)16-23-12-8-6-9-13-23/h6,8-9,12-13,19,21-22,24-25,27-30,38-39H,7,10-11,14-18,20H2,1-5H3,(H,34,35)(H,36,41)(H,37,40)/t25-,27+,28+,29+,30-,43?/m1/s1. The highest BCUT2D eigenvalue weighted by atomic mass is 32.2. The maximum Gasteiger partial charge on any atom is 0.243 e. The van der Waals surface area contributed by atoms with Crippen molar-refractivity contribution in [3.05, 3.63) is 54.1 Å². The minimum absolute atomic E-state index is 0.139. The van der Waals surface area contributed by atoms with Crippen molar-refractivity contribution >= 4 is 23.0 Å². The van der Waals surface area contributed by atoms with Crippen molar-refractivity contribution in [3.63, 3.8) is 0 Å². The van der Waals surface area contributed by atoms with Gasteiger partial charge in [-0.25, -0.2) is 4.98 Å². The molecule has 2 amide bonds. The van der Waals surface area contributed by atoms with Gasteiger partial charge in [0.2, 0.25) is 11.8 Å². The fourth-order valence-electron chi connectivity index (χ4n) is 5.65. The molecule has 9 nitrogen and oxygen atoms in total. The minimum atomic E-state index is -1.29. The van der Waals surface area contributed by atoms with Gasteiger partial charge in [-0.15, -0.1) is 0 Å². The van der Waals surface area contributed by atoms with Crippen LogP contribution in [0, 0.1) is 17.8 Å². The Labute approximate surface area is 260 Å². The number of imidazole rings is 1. The van der Waals surface area contributed by atoms with Crippen molar-refractivity contribution in [2.45, 2.75) is 115 Å². The molecule has 5 N–H and O–H groups in total. The summed E-state index contributed by atoms with van der Waals surface area (Å²) in [4.78, 5) is 34.9. The molecular formula is C33H52N4O5S. The third-order valence-corrected chi connectivity index (χ3v) is 10.5. The fraction of sp³-hybridized carbons (Fsp3) is 0.667. The second-order valence-electron chi connectivity index (χ2n) is 13.4. The summed E-state index contributed by atoms with van der Waals surface area (Å²) in [6.45, 7) is 9.33. The number of nitrogens with one attached hydrogen (secondary N) is 3. The maximum absolute atomic E-state index is 13.9. The van der Waals surface area contributed by atoms with Gasteiger partial charge in [-0.05, 0) is 62.2 Å². The molecule has 1 aliphatic carbocycles. The van der Waals surface area contributed by atoms with Gasteiger partial charge in [-0.2, -0.15) is 0 Å². The lowest BCUT2D eigenvalue weighted by atomic mass is 9.82. The molecule has 1 fully saturated rings. The second-order valence-corrected chi connectivity index (χ2v) is 15.7. The van der Waals surface area contributed by atoms with E-state index in [0.717, 1.165) is 31.2 Å². The van der Waals surface area contributed by atoms with Crippen LogP contribution in [0.4, 0.5) is 0 Å². The third kappa shape index (κ3) is 11.2. The number of aliphatic hydroxyl groups is 2. The number of hydrogen-bond acceptors (Lipinski definition) is 6. The van der Waals surface area contributed by atoms with Crippen LogP contribution < -0.4 is 10.6 Å². The molecular weight excluding hydrogens is 564 g/mol. The average Bonchev–Trinajstić information content (AvgIpc) is 3.49. The zero-order chi connectivity index (χ0) is 31.6. The van der Waals surface area contributed by atoms with Crippen molar-refractivity contribution in [3.8, 4) is 0 Å². The van der Waals surface area contributed by atoms with Crippen LogP contribution in [0.2, 0.25) is 0 Å². The van der Waals surface area contributed by atoms with Crippen molar-refractivity contribution < 1.29 is 24.4 Å². The molecule has 0 radical (unpaired) electrons. The molecule has 1 aromatic carbocycles. The van der Waals surface area contributed by atoms with Gasteiger partial charge in [0.05, 0.1) is 30.1 Å². The largest absolute Gasteiger partial charge is 0.616 e. The van der Waals surface area contributed by atoms with Gasteiger partial charge in [-0.1, -0.05) is 76.3 Å². The van der Waals surface area contributed by atoms with Gasteiger partial charge >= 0.3 is 0 Å². The van der Waals surface area contributed by atoms with Crippen LogP contribution in [-0.2, 0) is 33.6 Å². The molecule has 1 heterocycles. The van der Waals surface area contributed by atoms with E-state index in [1.54, 1.807) is 6.20 Å². The lowest BCUT2D eigenvalue weighted by Crippen LogP contribution is -2.57. The van der Waals surface area contributed by atoms with E-state index in [0.29, 0.717) is 24.5 Å². The van der Waals surface area contributed by atoms with Crippen LogP contribution in [0.25, 0.3) is 0 Å². The zero-order valence-electron chi connectivity index (χ0n) is 26.4. The lowest BCUT2D eigenvalue weighted by molar-refractivity contribution is -0.132. The summed E-state index contributed by atoms with van der Waals surface area (Å²) in [5, 5.41) is 27.9. The van der Waals surface area contributed by atoms with Crippen molar-refractivity contribution in [2.24, 2.45) is 17.8 Å². The predicted molar refractivity (Wildman–Crippen MR) is 171 cm³/mol. The molecule has 43 heavy (non-hydrogen) atoms. The maximum atomic E-state index is 13.9. The SMILES string of the molecule is CC(C)[C@H](O)[C@H](O)[C@H](CC1CCCCC1)NC(=O)[C@H](Cc1c[nH]cn1)NC(=O)[C@H](Cc1ccccc1)C[S+]([O-])C(C)(C)C. The Morgan fingerprint density at radius 1 is 1.02 bits per heavy atom. The number of H-pyrrole nitrogens is 1. The molecule has 6 atom stereocenters. The topological polar surface area (TPSA) is 150 Å². The summed E-state index contributed by atoms with van der Waals surface area (Å²) >= 11 is -1.29. The number of benzene rings is 1. The number of aromatic nitrogens is 2. The molecule has 0 spiro atoms. The van der Waals surface area contributed by atoms with Crippen LogP contribution in [0.1, 0.15) is 84.4 Å². The van der Waals surface area contributed by atoms with E-state index in [4.69, 9.17) is 0 Å². The first-order chi connectivity index (χ1) is 20.3. The fourth-order valence-corrected chi connectivity index (χ4v) is 6.79. The predicted octanol–water partition coefficient (Wildman–Crippen LogP) is 3.68. The van der Waals surface area contributed by atoms with Crippen LogP contribution in [0.3, 0.4) is 0 Å². The molecule has 10 heteroatoms. The molecule has 3 rings (SSSR count). The van der Waals surface area contributed by atoms with E-state index >= 15 is 0 Å². The number of carbonyl (C=O) groups excluding carboxylic acids is 2. The van der Waals surface area contributed by atoms with E-state index in [1.165, 1.54) is 12.7 Å². The first-order valence-corrected chi connectivity index (χ1v) is 17.0. The highest BCUT2D eigenvalue weighted by Gasteiger charge is 2.36. The van der Waals surface area contributed by atoms with Crippen molar-refractivity contribution in [1.29, 1.82) is 0 Å².